The minimum atomic E-state index is -0.458. The van der Waals surface area contributed by atoms with Crippen LogP contribution in [0, 0.1) is 31.1 Å². The summed E-state index contributed by atoms with van der Waals surface area (Å²) in [6.07, 6.45) is 1.55. The Balaban J connectivity index is 2.37. The Kier molecular flexibility index (Phi) is 7.85. The topological polar surface area (TPSA) is 62.1 Å². The van der Waals surface area contributed by atoms with Crippen LogP contribution < -0.4 is 10.1 Å². The molecule has 1 N–H and O–H groups in total. The lowest BCUT2D eigenvalue weighted by atomic mass is 10.1. The van der Waals surface area contributed by atoms with Crippen molar-refractivity contribution in [2.24, 2.45) is 5.92 Å². The number of amides is 1. The molecule has 1 amide bonds. The lowest BCUT2D eigenvalue weighted by Crippen LogP contribution is -2.14. The van der Waals surface area contributed by atoms with Crippen LogP contribution in [0.3, 0.4) is 0 Å². The molecule has 0 unspecified atom stereocenters. The highest BCUT2D eigenvalue weighted by Gasteiger charge is 2.15. The van der Waals surface area contributed by atoms with Crippen LogP contribution in [0.5, 0.6) is 5.75 Å². The van der Waals surface area contributed by atoms with Crippen molar-refractivity contribution in [2.75, 3.05) is 11.9 Å². The van der Waals surface area contributed by atoms with Gasteiger partial charge in [-0.1, -0.05) is 47.5 Å². The number of ether oxygens (including phenoxy) is 1. The number of anilines is 1. The van der Waals surface area contributed by atoms with Gasteiger partial charge in [0.2, 0.25) is 0 Å². The number of carbonyl (C=O) groups is 1. The first-order chi connectivity index (χ1) is 13.2. The largest absolute Gasteiger partial charge is 0.492 e. The molecule has 0 spiro atoms. The van der Waals surface area contributed by atoms with Gasteiger partial charge in [0.25, 0.3) is 5.91 Å². The lowest BCUT2D eigenvalue weighted by molar-refractivity contribution is -0.112. The number of nitrogens with one attached hydrogen (secondary N) is 1. The molecule has 28 heavy (non-hydrogen) atoms. The van der Waals surface area contributed by atoms with Crippen molar-refractivity contribution < 1.29 is 9.53 Å². The van der Waals surface area contributed by atoms with Crippen LogP contribution in [0.15, 0.2) is 44.9 Å². The Morgan fingerprint density at radius 1 is 1.25 bits per heavy atom. The highest BCUT2D eigenvalue weighted by Crippen LogP contribution is 2.34. The van der Waals surface area contributed by atoms with Crippen LogP contribution in [-0.4, -0.2) is 12.5 Å². The second-order valence-electron chi connectivity index (χ2n) is 6.95. The number of hydrogen-bond donors (Lipinski definition) is 1. The smallest absolute Gasteiger partial charge is 0.266 e. The number of benzene rings is 2. The fourth-order valence-corrected chi connectivity index (χ4v) is 3.91. The van der Waals surface area contributed by atoms with Gasteiger partial charge in [0, 0.05) is 15.7 Å². The van der Waals surface area contributed by atoms with Crippen LogP contribution in [0.4, 0.5) is 5.69 Å². The van der Waals surface area contributed by atoms with Gasteiger partial charge in [0.15, 0.2) is 0 Å². The quantitative estimate of drug-likeness (QED) is 0.364. The van der Waals surface area contributed by atoms with E-state index in [9.17, 15) is 10.1 Å². The zero-order valence-corrected chi connectivity index (χ0v) is 19.4. The number of carbonyl (C=O) groups excluding carboxylic acids is 1. The molecule has 0 aliphatic heterocycles. The van der Waals surface area contributed by atoms with Gasteiger partial charge >= 0.3 is 0 Å². The maximum Gasteiger partial charge on any atom is 0.266 e. The van der Waals surface area contributed by atoms with E-state index < -0.39 is 5.91 Å². The molecule has 0 saturated carbocycles. The zero-order chi connectivity index (χ0) is 20.8. The van der Waals surface area contributed by atoms with Gasteiger partial charge < -0.3 is 10.1 Å². The predicted octanol–water partition coefficient (Wildman–Crippen LogP) is 6.41. The van der Waals surface area contributed by atoms with E-state index in [0.717, 1.165) is 20.1 Å². The van der Waals surface area contributed by atoms with Crippen LogP contribution in [-0.2, 0) is 4.79 Å². The van der Waals surface area contributed by atoms with E-state index in [4.69, 9.17) is 4.74 Å². The minimum Gasteiger partial charge on any atom is -0.492 e. The van der Waals surface area contributed by atoms with Crippen molar-refractivity contribution in [1.29, 1.82) is 5.26 Å². The Hall–Kier alpha value is -2.10. The van der Waals surface area contributed by atoms with E-state index in [2.05, 4.69) is 51.0 Å². The molecule has 0 heterocycles. The Morgan fingerprint density at radius 2 is 1.96 bits per heavy atom. The maximum absolute atomic E-state index is 12.7. The summed E-state index contributed by atoms with van der Waals surface area (Å²) >= 11 is 6.95. The maximum atomic E-state index is 12.7. The van der Waals surface area contributed by atoms with E-state index in [1.165, 1.54) is 0 Å². The summed E-state index contributed by atoms with van der Waals surface area (Å²) in [4.78, 5) is 12.7. The highest BCUT2D eigenvalue weighted by molar-refractivity contribution is 9.11. The summed E-state index contributed by atoms with van der Waals surface area (Å²) in [6.45, 7) is 8.54. The molecule has 2 rings (SSSR count). The van der Waals surface area contributed by atoms with Gasteiger partial charge in [0.1, 0.15) is 17.4 Å². The molecule has 0 atom stereocenters. The highest BCUT2D eigenvalue weighted by atomic mass is 79.9. The van der Waals surface area contributed by atoms with Gasteiger partial charge in [0.05, 0.1) is 11.1 Å². The summed E-state index contributed by atoms with van der Waals surface area (Å²) in [5.74, 6) is 0.486. The summed E-state index contributed by atoms with van der Waals surface area (Å²) in [7, 11) is 0. The van der Waals surface area contributed by atoms with Crippen LogP contribution in [0.25, 0.3) is 6.08 Å². The van der Waals surface area contributed by atoms with E-state index in [-0.39, 0.29) is 5.57 Å². The Labute approximate surface area is 182 Å². The molecular weight excluding hydrogens is 484 g/mol. The first kappa shape index (κ1) is 22.2. The summed E-state index contributed by atoms with van der Waals surface area (Å²) < 4.78 is 7.47. The molecule has 2 aromatic carbocycles. The second-order valence-corrected chi connectivity index (χ2v) is 8.72. The number of aryl methyl sites for hydroxylation is 2. The van der Waals surface area contributed by atoms with Gasteiger partial charge in [-0.05, 0) is 65.5 Å². The fraction of sp³-hybridized carbons (Fsp3) is 0.273. The van der Waals surface area contributed by atoms with Crippen molar-refractivity contribution in [2.45, 2.75) is 27.7 Å². The summed E-state index contributed by atoms with van der Waals surface area (Å²) in [6, 6.07) is 11.4. The normalized spacial score (nSPS) is 11.3. The predicted molar refractivity (Wildman–Crippen MR) is 120 cm³/mol. The van der Waals surface area contributed by atoms with E-state index in [0.29, 0.717) is 29.5 Å². The van der Waals surface area contributed by atoms with Gasteiger partial charge in [-0.3, -0.25) is 4.79 Å². The molecule has 0 aliphatic carbocycles. The van der Waals surface area contributed by atoms with Crippen molar-refractivity contribution in [3.8, 4) is 11.8 Å². The third-order valence-electron chi connectivity index (χ3n) is 3.89. The van der Waals surface area contributed by atoms with E-state index in [1.54, 1.807) is 6.08 Å². The third-order valence-corrected chi connectivity index (χ3v) is 4.94. The molecule has 6 heteroatoms. The first-order valence-corrected chi connectivity index (χ1v) is 10.4. The van der Waals surface area contributed by atoms with Crippen molar-refractivity contribution in [1.82, 2.24) is 0 Å². The third kappa shape index (κ3) is 5.95. The molecule has 0 fully saturated rings. The zero-order valence-electron chi connectivity index (χ0n) is 16.3. The van der Waals surface area contributed by atoms with Crippen LogP contribution in [0.2, 0.25) is 0 Å². The number of hydrogen-bond acceptors (Lipinski definition) is 3. The minimum absolute atomic E-state index is 0.000582. The number of halogens is 2. The average molecular weight is 506 g/mol. The lowest BCUT2D eigenvalue weighted by Gasteiger charge is -2.14. The average Bonchev–Trinajstić information content (AvgIpc) is 2.60. The SMILES string of the molecule is Cc1ccc(NC(=O)/C(C#N)=C/c2cc(Br)cc(Br)c2OCC(C)C)c(C)c1. The summed E-state index contributed by atoms with van der Waals surface area (Å²) in [5.41, 5.74) is 3.38. The first-order valence-electron chi connectivity index (χ1n) is 8.83. The fourth-order valence-electron chi connectivity index (χ4n) is 2.54. The van der Waals surface area contributed by atoms with Crippen LogP contribution >= 0.6 is 31.9 Å². The van der Waals surface area contributed by atoms with E-state index in [1.807, 2.05) is 50.2 Å². The van der Waals surface area contributed by atoms with E-state index >= 15 is 0 Å². The van der Waals surface area contributed by atoms with Gasteiger partial charge in [-0.15, -0.1) is 0 Å². The monoisotopic (exact) mass is 504 g/mol. The van der Waals surface area contributed by atoms with Crippen molar-refractivity contribution >= 4 is 49.5 Å². The number of rotatable bonds is 6. The standard InChI is InChI=1S/C22H22Br2N2O2/c1-13(2)12-28-21-16(9-18(23)10-19(21)24)8-17(11-25)22(27)26-20-6-5-14(3)7-15(20)4/h5-10,13H,12H2,1-4H3,(H,26,27)/b17-8+. The van der Waals surface area contributed by atoms with Crippen LogP contribution in [0.1, 0.15) is 30.5 Å². The van der Waals surface area contributed by atoms with Gasteiger partial charge in [-0.25, -0.2) is 0 Å². The molecule has 4 nitrogen and oxygen atoms in total. The molecule has 0 radical (unpaired) electrons. The Morgan fingerprint density at radius 3 is 2.57 bits per heavy atom. The molecule has 2 aromatic rings. The second kappa shape index (κ2) is 9.90. The van der Waals surface area contributed by atoms with Gasteiger partial charge in [-0.2, -0.15) is 5.26 Å². The molecule has 0 aliphatic rings. The van der Waals surface area contributed by atoms with Crippen molar-refractivity contribution in [3.05, 3.63) is 61.5 Å². The molecule has 0 bridgehead atoms. The molecule has 0 saturated heterocycles. The summed E-state index contributed by atoms with van der Waals surface area (Å²) in [5, 5.41) is 12.4. The molecular formula is C22H22Br2N2O2. The molecule has 0 aromatic heterocycles. The number of nitriles is 1. The number of nitrogens with zero attached hydrogens (tertiary/aromatic N) is 1. The molecule has 146 valence electrons. The Bertz CT molecular complexity index is 960. The van der Waals surface area contributed by atoms with Crippen molar-refractivity contribution in [3.63, 3.8) is 0 Å².